The first kappa shape index (κ1) is 14.7. The molecule has 1 aliphatic rings. The van der Waals surface area contributed by atoms with Gasteiger partial charge >= 0.3 is 12.0 Å². The van der Waals surface area contributed by atoms with Gasteiger partial charge in [-0.15, -0.1) is 0 Å². The first-order valence-electron chi connectivity index (χ1n) is 6.19. The predicted molar refractivity (Wildman–Crippen MR) is 65.0 cm³/mol. The van der Waals surface area contributed by atoms with Crippen molar-refractivity contribution in [3.63, 3.8) is 0 Å². The van der Waals surface area contributed by atoms with Crippen LogP contribution in [0.25, 0.3) is 0 Å². The van der Waals surface area contributed by atoms with E-state index in [1.165, 1.54) is 0 Å². The highest BCUT2D eigenvalue weighted by atomic mass is 16.5. The summed E-state index contributed by atoms with van der Waals surface area (Å²) in [5, 5.41) is 13.5. The summed E-state index contributed by atoms with van der Waals surface area (Å²) in [4.78, 5) is 23.0. The summed E-state index contributed by atoms with van der Waals surface area (Å²) in [6.07, 6.45) is 0.685. The number of carboxylic acid groups (broad SMARTS) is 1. The molecule has 104 valence electrons. The van der Waals surface area contributed by atoms with Gasteiger partial charge in [-0.2, -0.15) is 0 Å². The number of hydrogen-bond donors (Lipinski definition) is 3. The fraction of sp³-hybridized carbons (Fsp3) is 0.818. The molecule has 18 heavy (non-hydrogen) atoms. The van der Waals surface area contributed by atoms with Gasteiger partial charge in [-0.05, 0) is 12.8 Å². The van der Waals surface area contributed by atoms with E-state index < -0.39 is 17.5 Å². The SMILES string of the molecule is CCC(CC)(NC(=O)NN1CCOCC1)C(=O)O. The molecule has 0 aliphatic carbocycles. The van der Waals surface area contributed by atoms with E-state index in [-0.39, 0.29) is 0 Å². The number of rotatable bonds is 5. The summed E-state index contributed by atoms with van der Waals surface area (Å²) >= 11 is 0. The number of amides is 2. The summed E-state index contributed by atoms with van der Waals surface area (Å²) in [5.41, 5.74) is 1.44. The minimum absolute atomic E-state index is 0.343. The fourth-order valence-corrected chi connectivity index (χ4v) is 1.85. The second-order valence-electron chi connectivity index (χ2n) is 4.26. The van der Waals surface area contributed by atoms with Crippen LogP contribution >= 0.6 is 0 Å². The van der Waals surface area contributed by atoms with E-state index in [4.69, 9.17) is 4.74 Å². The third-order valence-corrected chi connectivity index (χ3v) is 3.24. The van der Waals surface area contributed by atoms with Crippen LogP contribution in [0.15, 0.2) is 0 Å². The van der Waals surface area contributed by atoms with Crippen LogP contribution in [0.2, 0.25) is 0 Å². The number of ether oxygens (including phenoxy) is 1. The van der Waals surface area contributed by atoms with Gasteiger partial charge in [0.2, 0.25) is 0 Å². The van der Waals surface area contributed by atoms with Crippen LogP contribution in [-0.2, 0) is 9.53 Å². The average Bonchev–Trinajstić information content (AvgIpc) is 2.37. The largest absolute Gasteiger partial charge is 0.480 e. The first-order valence-corrected chi connectivity index (χ1v) is 6.19. The number of morpholine rings is 1. The van der Waals surface area contributed by atoms with E-state index in [1.54, 1.807) is 18.9 Å². The van der Waals surface area contributed by atoms with Gasteiger partial charge in [0.1, 0.15) is 5.54 Å². The molecule has 1 rings (SSSR count). The second-order valence-corrected chi connectivity index (χ2v) is 4.26. The monoisotopic (exact) mass is 259 g/mol. The van der Waals surface area contributed by atoms with Gasteiger partial charge in [0.05, 0.1) is 13.2 Å². The molecule has 0 bridgehead atoms. The highest BCUT2D eigenvalue weighted by molar-refractivity contribution is 5.85. The van der Waals surface area contributed by atoms with Gasteiger partial charge in [-0.1, -0.05) is 13.8 Å². The molecule has 0 spiro atoms. The minimum Gasteiger partial charge on any atom is -0.480 e. The number of hydrogen-bond acceptors (Lipinski definition) is 4. The molecule has 3 N–H and O–H groups in total. The maximum Gasteiger partial charge on any atom is 0.330 e. The van der Waals surface area contributed by atoms with Gasteiger partial charge in [0.15, 0.2) is 0 Å². The Hall–Kier alpha value is -1.34. The number of carboxylic acids is 1. The molecule has 1 fully saturated rings. The third-order valence-electron chi connectivity index (χ3n) is 3.24. The van der Waals surface area contributed by atoms with Gasteiger partial charge in [0, 0.05) is 13.1 Å². The van der Waals surface area contributed by atoms with Crippen LogP contribution < -0.4 is 10.7 Å². The summed E-state index contributed by atoms with van der Waals surface area (Å²) < 4.78 is 5.16. The van der Waals surface area contributed by atoms with Crippen LogP contribution in [0.3, 0.4) is 0 Å². The van der Waals surface area contributed by atoms with Crippen LogP contribution in [-0.4, -0.2) is 54.0 Å². The zero-order chi connectivity index (χ0) is 13.6. The van der Waals surface area contributed by atoms with Crippen molar-refractivity contribution < 1.29 is 19.4 Å². The number of aliphatic carboxylic acids is 1. The van der Waals surface area contributed by atoms with Gasteiger partial charge in [-0.25, -0.2) is 14.6 Å². The second kappa shape index (κ2) is 6.55. The van der Waals surface area contributed by atoms with Crippen LogP contribution in [0.5, 0.6) is 0 Å². The Balaban J connectivity index is 2.53. The van der Waals surface area contributed by atoms with Crippen LogP contribution in [0, 0.1) is 0 Å². The highest BCUT2D eigenvalue weighted by Crippen LogP contribution is 2.15. The Labute approximate surface area is 106 Å². The van der Waals surface area contributed by atoms with Crippen molar-refractivity contribution in [1.29, 1.82) is 0 Å². The van der Waals surface area contributed by atoms with Crippen LogP contribution in [0.1, 0.15) is 26.7 Å². The van der Waals surface area contributed by atoms with E-state index in [0.717, 1.165) is 0 Å². The lowest BCUT2D eigenvalue weighted by molar-refractivity contribution is -0.144. The Kier molecular flexibility index (Phi) is 5.36. The predicted octanol–water partition coefficient (Wildman–Crippen LogP) is 0.176. The summed E-state index contributed by atoms with van der Waals surface area (Å²) in [7, 11) is 0. The quantitative estimate of drug-likeness (QED) is 0.655. The van der Waals surface area contributed by atoms with E-state index in [0.29, 0.717) is 39.1 Å². The number of nitrogens with zero attached hydrogens (tertiary/aromatic N) is 1. The Morgan fingerprint density at radius 3 is 2.28 bits per heavy atom. The zero-order valence-corrected chi connectivity index (χ0v) is 10.9. The molecular formula is C11H21N3O4. The summed E-state index contributed by atoms with van der Waals surface area (Å²) in [5.74, 6) is -1.01. The molecule has 1 aliphatic heterocycles. The first-order chi connectivity index (χ1) is 8.54. The van der Waals surface area contributed by atoms with Gasteiger partial charge in [-0.3, -0.25) is 5.43 Å². The molecule has 2 amide bonds. The Morgan fingerprint density at radius 1 is 1.28 bits per heavy atom. The Morgan fingerprint density at radius 2 is 1.83 bits per heavy atom. The van der Waals surface area contributed by atoms with E-state index >= 15 is 0 Å². The molecular weight excluding hydrogens is 238 g/mol. The molecule has 7 nitrogen and oxygen atoms in total. The Bertz CT molecular complexity index is 299. The molecule has 0 radical (unpaired) electrons. The topological polar surface area (TPSA) is 90.9 Å². The lowest BCUT2D eigenvalue weighted by Gasteiger charge is -2.31. The van der Waals surface area contributed by atoms with Gasteiger partial charge in [0.25, 0.3) is 0 Å². The van der Waals surface area contributed by atoms with Crippen molar-refractivity contribution >= 4 is 12.0 Å². The number of nitrogens with one attached hydrogen (secondary N) is 2. The lowest BCUT2D eigenvalue weighted by Crippen LogP contribution is -2.60. The normalized spacial score (nSPS) is 17.2. The van der Waals surface area contributed by atoms with Crippen LogP contribution in [0.4, 0.5) is 4.79 Å². The maximum absolute atomic E-state index is 11.8. The minimum atomic E-state index is -1.20. The summed E-state index contributed by atoms with van der Waals surface area (Å²) in [6, 6.07) is -0.483. The molecule has 7 heteroatoms. The molecule has 0 atom stereocenters. The molecule has 1 saturated heterocycles. The molecule has 0 aromatic heterocycles. The summed E-state index contributed by atoms with van der Waals surface area (Å²) in [6.45, 7) is 5.81. The standard InChI is InChI=1S/C11H21N3O4/c1-3-11(4-2,9(15)16)12-10(17)13-14-5-7-18-8-6-14/h3-8H2,1-2H3,(H,15,16)(H2,12,13,17). The highest BCUT2D eigenvalue weighted by Gasteiger charge is 2.36. The lowest BCUT2D eigenvalue weighted by atomic mass is 9.93. The van der Waals surface area contributed by atoms with E-state index in [9.17, 15) is 14.7 Å². The number of urea groups is 1. The molecule has 0 saturated carbocycles. The third kappa shape index (κ3) is 3.58. The molecule has 0 unspecified atom stereocenters. The molecule has 0 aromatic carbocycles. The number of hydrazine groups is 1. The smallest absolute Gasteiger partial charge is 0.330 e. The number of carbonyl (C=O) groups is 2. The van der Waals surface area contributed by atoms with Crippen molar-refractivity contribution in [2.45, 2.75) is 32.2 Å². The molecule has 1 heterocycles. The maximum atomic E-state index is 11.8. The van der Waals surface area contributed by atoms with Crippen molar-refractivity contribution in [2.24, 2.45) is 0 Å². The van der Waals surface area contributed by atoms with Gasteiger partial charge < -0.3 is 15.2 Å². The number of carbonyl (C=O) groups excluding carboxylic acids is 1. The fourth-order valence-electron chi connectivity index (χ4n) is 1.85. The van der Waals surface area contributed by atoms with Crippen molar-refractivity contribution in [2.75, 3.05) is 26.3 Å². The zero-order valence-electron chi connectivity index (χ0n) is 10.9. The van der Waals surface area contributed by atoms with Crippen molar-refractivity contribution in [3.8, 4) is 0 Å². The van der Waals surface area contributed by atoms with Crippen molar-refractivity contribution in [1.82, 2.24) is 15.8 Å². The average molecular weight is 259 g/mol. The van der Waals surface area contributed by atoms with E-state index in [1.807, 2.05) is 0 Å². The van der Waals surface area contributed by atoms with E-state index in [2.05, 4.69) is 10.7 Å². The van der Waals surface area contributed by atoms with Crippen molar-refractivity contribution in [3.05, 3.63) is 0 Å². The molecule has 0 aromatic rings.